The van der Waals surface area contributed by atoms with Gasteiger partial charge in [0.15, 0.2) is 5.17 Å². The second kappa shape index (κ2) is 8.74. The number of anilines is 1. The Morgan fingerprint density at radius 3 is 2.48 bits per heavy atom. The van der Waals surface area contributed by atoms with Crippen molar-refractivity contribution < 1.29 is 9.53 Å². The number of nitrogens with zero attached hydrogens (tertiary/aromatic N) is 3. The maximum atomic E-state index is 12.4. The molecule has 0 spiro atoms. The SMILES string of the molecule is CCOc1ccc(/C=C2/SC(N3CCN(c4cccc(C)c4)CC3)=NC2=O)cc1. The summed E-state index contributed by atoms with van der Waals surface area (Å²) in [6.07, 6.45) is 1.90. The summed E-state index contributed by atoms with van der Waals surface area (Å²) >= 11 is 1.47. The van der Waals surface area contributed by atoms with Crippen molar-refractivity contribution in [3.8, 4) is 5.75 Å². The zero-order valence-corrected chi connectivity index (χ0v) is 17.6. The molecule has 0 aromatic heterocycles. The molecule has 6 heteroatoms. The number of thioether (sulfide) groups is 1. The van der Waals surface area contributed by atoms with E-state index in [1.165, 1.54) is 23.0 Å². The monoisotopic (exact) mass is 407 g/mol. The zero-order valence-electron chi connectivity index (χ0n) is 16.8. The molecular weight excluding hydrogens is 382 g/mol. The molecule has 2 aromatic rings. The number of amides is 1. The Labute approximate surface area is 176 Å². The van der Waals surface area contributed by atoms with Gasteiger partial charge in [-0.1, -0.05) is 24.3 Å². The van der Waals surface area contributed by atoms with Crippen LogP contribution >= 0.6 is 11.8 Å². The number of ether oxygens (including phenoxy) is 1. The molecule has 1 amide bonds. The van der Waals surface area contributed by atoms with Crippen molar-refractivity contribution in [3.05, 3.63) is 64.6 Å². The fourth-order valence-corrected chi connectivity index (χ4v) is 4.46. The third kappa shape index (κ3) is 4.65. The maximum Gasteiger partial charge on any atom is 0.286 e. The largest absolute Gasteiger partial charge is 0.494 e. The van der Waals surface area contributed by atoms with Gasteiger partial charge in [0.1, 0.15) is 5.75 Å². The van der Waals surface area contributed by atoms with Gasteiger partial charge in [-0.05, 0) is 67.1 Å². The lowest BCUT2D eigenvalue weighted by molar-refractivity contribution is -0.113. The summed E-state index contributed by atoms with van der Waals surface area (Å²) in [6, 6.07) is 16.4. The number of hydrogen-bond donors (Lipinski definition) is 0. The predicted octanol–water partition coefficient (Wildman–Crippen LogP) is 4.19. The summed E-state index contributed by atoms with van der Waals surface area (Å²) in [7, 11) is 0. The number of aliphatic imine (C=N–C) groups is 1. The molecule has 150 valence electrons. The van der Waals surface area contributed by atoms with Crippen LogP contribution in [0.5, 0.6) is 5.75 Å². The molecule has 2 heterocycles. The molecule has 4 rings (SSSR count). The molecule has 0 saturated carbocycles. The highest BCUT2D eigenvalue weighted by molar-refractivity contribution is 8.18. The second-order valence-corrected chi connectivity index (χ2v) is 8.13. The second-order valence-electron chi connectivity index (χ2n) is 7.13. The molecule has 0 unspecified atom stereocenters. The lowest BCUT2D eigenvalue weighted by Gasteiger charge is -2.36. The molecule has 2 aliphatic rings. The zero-order chi connectivity index (χ0) is 20.2. The van der Waals surface area contributed by atoms with Gasteiger partial charge >= 0.3 is 0 Å². The van der Waals surface area contributed by atoms with Crippen molar-refractivity contribution in [1.82, 2.24) is 4.90 Å². The number of aryl methyl sites for hydroxylation is 1. The molecule has 1 fully saturated rings. The Kier molecular flexibility index (Phi) is 5.90. The molecule has 2 aromatic carbocycles. The van der Waals surface area contributed by atoms with Crippen LogP contribution in [0.15, 0.2) is 58.4 Å². The van der Waals surface area contributed by atoms with Crippen LogP contribution < -0.4 is 9.64 Å². The van der Waals surface area contributed by atoms with E-state index in [4.69, 9.17) is 4.74 Å². The van der Waals surface area contributed by atoms with E-state index in [9.17, 15) is 4.79 Å². The van der Waals surface area contributed by atoms with Crippen LogP contribution in [0.1, 0.15) is 18.1 Å². The van der Waals surface area contributed by atoms with Gasteiger partial charge in [-0.15, -0.1) is 0 Å². The van der Waals surface area contributed by atoms with Gasteiger partial charge in [-0.2, -0.15) is 4.99 Å². The molecule has 0 radical (unpaired) electrons. The van der Waals surface area contributed by atoms with Crippen molar-refractivity contribution in [2.75, 3.05) is 37.7 Å². The van der Waals surface area contributed by atoms with Crippen LogP contribution in [0.25, 0.3) is 6.08 Å². The Bertz CT molecular complexity index is 945. The summed E-state index contributed by atoms with van der Waals surface area (Å²) < 4.78 is 5.47. The van der Waals surface area contributed by atoms with E-state index in [2.05, 4.69) is 46.0 Å². The Morgan fingerprint density at radius 1 is 1.07 bits per heavy atom. The summed E-state index contributed by atoms with van der Waals surface area (Å²) in [6.45, 7) is 8.30. The summed E-state index contributed by atoms with van der Waals surface area (Å²) in [5.41, 5.74) is 3.51. The van der Waals surface area contributed by atoms with Crippen LogP contribution in [0, 0.1) is 6.92 Å². The first kappa shape index (κ1) is 19.6. The number of benzene rings is 2. The quantitative estimate of drug-likeness (QED) is 0.712. The van der Waals surface area contributed by atoms with Crippen molar-refractivity contribution in [2.45, 2.75) is 13.8 Å². The third-order valence-electron chi connectivity index (χ3n) is 5.02. The number of amidine groups is 1. The number of carbonyl (C=O) groups is 1. The standard InChI is InChI=1S/C23H25N3O2S/c1-3-28-20-9-7-18(8-10-20)16-21-22(27)24-23(29-21)26-13-11-25(12-14-26)19-6-4-5-17(2)15-19/h4-10,15-16H,3,11-14H2,1-2H3/b21-16+. The Balaban J connectivity index is 1.37. The van der Waals surface area contributed by atoms with Gasteiger partial charge in [-0.3, -0.25) is 4.79 Å². The van der Waals surface area contributed by atoms with E-state index < -0.39 is 0 Å². The molecular formula is C23H25N3O2S. The van der Waals surface area contributed by atoms with Gasteiger partial charge in [0.2, 0.25) is 0 Å². The number of carbonyl (C=O) groups excluding carboxylic acids is 1. The fourth-order valence-electron chi connectivity index (χ4n) is 3.49. The van der Waals surface area contributed by atoms with Crippen molar-refractivity contribution in [1.29, 1.82) is 0 Å². The fraction of sp³-hybridized carbons (Fsp3) is 0.304. The number of piperazine rings is 1. The average Bonchev–Trinajstić information content (AvgIpc) is 3.10. The van der Waals surface area contributed by atoms with E-state index >= 15 is 0 Å². The van der Waals surface area contributed by atoms with Gasteiger partial charge in [0.05, 0.1) is 11.5 Å². The molecule has 0 aliphatic carbocycles. The lowest BCUT2D eigenvalue weighted by Crippen LogP contribution is -2.47. The highest BCUT2D eigenvalue weighted by atomic mass is 32.2. The molecule has 5 nitrogen and oxygen atoms in total. The van der Waals surface area contributed by atoms with E-state index in [-0.39, 0.29) is 5.91 Å². The minimum absolute atomic E-state index is 0.153. The highest BCUT2D eigenvalue weighted by Gasteiger charge is 2.28. The molecule has 0 atom stereocenters. The first-order chi connectivity index (χ1) is 14.1. The number of hydrogen-bond acceptors (Lipinski definition) is 5. The molecule has 29 heavy (non-hydrogen) atoms. The topological polar surface area (TPSA) is 45.1 Å². The number of rotatable bonds is 4. The third-order valence-corrected chi connectivity index (χ3v) is 6.06. The van der Waals surface area contributed by atoms with Gasteiger partial charge in [-0.25, -0.2) is 0 Å². The van der Waals surface area contributed by atoms with Crippen LogP contribution in [0.4, 0.5) is 5.69 Å². The van der Waals surface area contributed by atoms with E-state index in [0.717, 1.165) is 42.7 Å². The van der Waals surface area contributed by atoms with Crippen LogP contribution in [-0.2, 0) is 4.79 Å². The van der Waals surface area contributed by atoms with Gasteiger partial charge in [0.25, 0.3) is 5.91 Å². The van der Waals surface area contributed by atoms with E-state index in [1.54, 1.807) is 0 Å². The minimum atomic E-state index is -0.153. The molecule has 0 bridgehead atoms. The highest BCUT2D eigenvalue weighted by Crippen LogP contribution is 2.31. The van der Waals surface area contributed by atoms with Crippen LogP contribution in [0.3, 0.4) is 0 Å². The first-order valence-corrected chi connectivity index (χ1v) is 10.8. The Hall–Kier alpha value is -2.73. The van der Waals surface area contributed by atoms with Crippen LogP contribution in [0.2, 0.25) is 0 Å². The molecule has 1 saturated heterocycles. The molecule has 0 N–H and O–H groups in total. The summed E-state index contributed by atoms with van der Waals surface area (Å²) in [5, 5.41) is 0.816. The first-order valence-electron chi connectivity index (χ1n) is 9.94. The van der Waals surface area contributed by atoms with Crippen LogP contribution in [-0.4, -0.2) is 48.8 Å². The summed E-state index contributed by atoms with van der Waals surface area (Å²) in [4.78, 5) is 22.0. The van der Waals surface area contributed by atoms with Crippen molar-refractivity contribution in [2.24, 2.45) is 4.99 Å². The maximum absolute atomic E-state index is 12.4. The smallest absolute Gasteiger partial charge is 0.286 e. The molecule has 2 aliphatic heterocycles. The average molecular weight is 408 g/mol. The van der Waals surface area contributed by atoms with Gasteiger partial charge < -0.3 is 14.5 Å². The lowest BCUT2D eigenvalue weighted by atomic mass is 10.2. The predicted molar refractivity (Wildman–Crippen MR) is 121 cm³/mol. The van der Waals surface area contributed by atoms with Crippen molar-refractivity contribution in [3.63, 3.8) is 0 Å². The van der Waals surface area contributed by atoms with E-state index in [1.807, 2.05) is 37.3 Å². The normalized spacial score (nSPS) is 18.3. The minimum Gasteiger partial charge on any atom is -0.494 e. The van der Waals surface area contributed by atoms with E-state index in [0.29, 0.717) is 11.5 Å². The Morgan fingerprint density at radius 2 is 1.79 bits per heavy atom. The summed E-state index contributed by atoms with van der Waals surface area (Å²) in [5.74, 6) is 0.684. The van der Waals surface area contributed by atoms with Crippen molar-refractivity contribution >= 4 is 34.6 Å². The van der Waals surface area contributed by atoms with Gasteiger partial charge in [0, 0.05) is 31.9 Å².